The number of aromatic nitrogens is 5. The van der Waals surface area contributed by atoms with E-state index in [-0.39, 0.29) is 53.8 Å². The highest BCUT2D eigenvalue weighted by Gasteiger charge is 2.50. The van der Waals surface area contributed by atoms with Crippen molar-refractivity contribution in [2.45, 2.75) is 57.3 Å². The zero-order valence-corrected chi connectivity index (χ0v) is 33.8. The lowest BCUT2D eigenvalue weighted by Gasteiger charge is -2.30. The number of halogens is 1. The normalized spacial score (nSPS) is 21.3. The molecule has 0 aromatic carbocycles. The van der Waals surface area contributed by atoms with Gasteiger partial charge < -0.3 is 50.9 Å². The second-order valence-electron chi connectivity index (χ2n) is 13.0. The average Bonchev–Trinajstić information content (AvgIpc) is 3.69. The van der Waals surface area contributed by atoms with E-state index in [1.807, 2.05) is 0 Å². The maximum Gasteiger partial charge on any atom is 0.481 e. The number of nitrogens with two attached hydrogens (primary N) is 1. The van der Waals surface area contributed by atoms with Gasteiger partial charge in [-0.2, -0.15) is 8.70 Å². The Bertz CT molecular complexity index is 2080. The molecule has 3 aromatic rings. The minimum atomic E-state index is -5.59. The number of amides is 2. The molecule has 0 spiro atoms. The number of nitrogens with one attached hydrogen (secondary N) is 2. The van der Waals surface area contributed by atoms with E-state index in [4.69, 9.17) is 19.5 Å². The molecule has 0 saturated carbocycles. The van der Waals surface area contributed by atoms with E-state index in [2.05, 4.69) is 39.4 Å². The van der Waals surface area contributed by atoms with Crippen LogP contribution in [0.3, 0.4) is 0 Å². The fourth-order valence-electron chi connectivity index (χ4n) is 5.02. The quantitative estimate of drug-likeness (QED) is 0.0367. The Morgan fingerprint density at radius 3 is 2.43 bits per heavy atom. The molecule has 2 amide bonds. The van der Waals surface area contributed by atoms with Crippen molar-refractivity contribution in [3.05, 3.63) is 42.5 Å². The number of phosphoric ester groups is 3. The molecule has 1 saturated heterocycles. The van der Waals surface area contributed by atoms with Gasteiger partial charge in [0, 0.05) is 43.3 Å². The Kier molecular flexibility index (Phi) is 16.2. The Balaban J connectivity index is 1.21. The fraction of sp³-hybridized carbons (Fsp3) is 0.536. The van der Waals surface area contributed by atoms with E-state index in [0.29, 0.717) is 5.56 Å². The largest absolute Gasteiger partial charge is 0.481 e. The number of fused-ring (bicyclic) bond motifs is 1. The summed E-state index contributed by atoms with van der Waals surface area (Å²) in [5.74, 6) is -1.98. The number of hydrogen-bond acceptors (Lipinski definition) is 19. The summed E-state index contributed by atoms with van der Waals surface area (Å²) >= 11 is 0.948. The van der Waals surface area contributed by atoms with E-state index in [0.717, 1.165) is 35.0 Å². The number of pyridine rings is 1. The minimum absolute atomic E-state index is 0.0216. The smallest absolute Gasteiger partial charge is 0.386 e. The third-order valence-electron chi connectivity index (χ3n) is 7.90. The first-order valence-corrected chi connectivity index (χ1v) is 22.1. The summed E-state index contributed by atoms with van der Waals surface area (Å²) in [5.41, 5.74) is 4.74. The van der Waals surface area contributed by atoms with Gasteiger partial charge in [0.15, 0.2) is 22.8 Å². The highest BCUT2D eigenvalue weighted by atomic mass is 32.2. The zero-order valence-electron chi connectivity index (χ0n) is 30.3. The van der Waals surface area contributed by atoms with Crippen LogP contribution in [0.15, 0.2) is 31.0 Å². The molecule has 3 aromatic heterocycles. The van der Waals surface area contributed by atoms with Crippen molar-refractivity contribution < 1.29 is 84.9 Å². The number of imidazole rings is 1. The number of phosphoric acid groups is 3. The fourth-order valence-corrected chi connectivity index (χ4v) is 8.55. The third kappa shape index (κ3) is 13.9. The first-order chi connectivity index (χ1) is 27.0. The van der Waals surface area contributed by atoms with Crippen LogP contribution < -0.4 is 16.4 Å². The number of anilines is 1. The van der Waals surface area contributed by atoms with Gasteiger partial charge in [0.1, 0.15) is 36.3 Å². The summed E-state index contributed by atoms with van der Waals surface area (Å²) in [4.78, 5) is 91.1. The van der Waals surface area contributed by atoms with E-state index in [1.165, 1.54) is 26.1 Å². The van der Waals surface area contributed by atoms with Gasteiger partial charge in [-0.3, -0.25) is 32.5 Å². The van der Waals surface area contributed by atoms with E-state index in [9.17, 15) is 62.3 Å². The van der Waals surface area contributed by atoms with Crippen molar-refractivity contribution >= 4 is 69.1 Å². The molecular formula is C28H40FN8O17P3S. The standard InChI is InChI=1S/C28H40FN8O17P3S/c1-28(2,23(41)26(42)32-6-5-18(38)31-7-8-58-19(39)9-15-3-4-17(29)33-10-15)12-51-57(48,49)54-56(46,47)50-11-16-22(53-55(43,44)45)21(40)27(52-16)37-14-36-20-24(30)34-13-35-25(20)37/h3-4,10,13-14,16,21-23,27,40-41H,5-9,11-12H2,1-2H3,(H,31,38)(H,32,42)(H,46,47)(H,48,49)(H2,30,34,35)(H2,43,44,45)/t16-,21-,22-,23?,27-/m1/s1. The number of nitrogens with zero attached hydrogens (tertiary/aromatic N) is 5. The van der Waals surface area contributed by atoms with Crippen LogP contribution in [0.2, 0.25) is 0 Å². The Morgan fingerprint density at radius 1 is 1.05 bits per heavy atom. The number of ether oxygens (including phenoxy) is 1. The van der Waals surface area contributed by atoms with E-state index in [1.54, 1.807) is 0 Å². The number of carbonyl (C=O) groups excluding carboxylic acids is 3. The van der Waals surface area contributed by atoms with Crippen LogP contribution in [0.5, 0.6) is 0 Å². The molecule has 4 rings (SSSR count). The molecule has 25 nitrogen and oxygen atoms in total. The third-order valence-corrected chi connectivity index (χ3v) is 11.9. The molecule has 30 heteroatoms. The van der Waals surface area contributed by atoms with Crippen molar-refractivity contribution in [3.63, 3.8) is 0 Å². The summed E-state index contributed by atoms with van der Waals surface area (Å²) in [6, 6.07) is 2.56. The van der Waals surface area contributed by atoms with Crippen molar-refractivity contribution in [2.24, 2.45) is 5.41 Å². The summed E-state index contributed by atoms with van der Waals surface area (Å²) in [6.45, 7) is 0.290. The van der Waals surface area contributed by atoms with Crippen LogP contribution >= 0.6 is 35.2 Å². The van der Waals surface area contributed by atoms with Crippen molar-refractivity contribution in [3.8, 4) is 0 Å². The lowest BCUT2D eigenvalue weighted by Crippen LogP contribution is -2.46. The number of aliphatic hydroxyl groups is 2. The molecule has 0 radical (unpaired) electrons. The lowest BCUT2D eigenvalue weighted by molar-refractivity contribution is -0.137. The molecule has 3 unspecified atom stereocenters. The highest BCUT2D eigenvalue weighted by molar-refractivity contribution is 8.13. The van der Waals surface area contributed by atoms with Gasteiger partial charge in [-0.15, -0.1) is 0 Å². The van der Waals surface area contributed by atoms with Gasteiger partial charge in [-0.1, -0.05) is 31.7 Å². The van der Waals surface area contributed by atoms with Gasteiger partial charge >= 0.3 is 23.5 Å². The van der Waals surface area contributed by atoms with Crippen LogP contribution in [-0.2, 0) is 57.1 Å². The van der Waals surface area contributed by atoms with Gasteiger partial charge in [0.05, 0.1) is 19.5 Å². The Labute approximate surface area is 331 Å². The van der Waals surface area contributed by atoms with E-state index >= 15 is 0 Å². The second kappa shape index (κ2) is 19.8. The monoisotopic (exact) mass is 904 g/mol. The molecule has 322 valence electrons. The van der Waals surface area contributed by atoms with Gasteiger partial charge in [-0.05, 0) is 11.6 Å². The predicted octanol–water partition coefficient (Wildman–Crippen LogP) is -0.558. The van der Waals surface area contributed by atoms with Gasteiger partial charge in [-0.25, -0.2) is 33.6 Å². The number of aliphatic hydroxyl groups excluding tert-OH is 2. The minimum Gasteiger partial charge on any atom is -0.386 e. The summed E-state index contributed by atoms with van der Waals surface area (Å²) in [6.07, 6.45) is -5.79. The maximum absolute atomic E-state index is 12.9. The molecule has 7 atom stereocenters. The number of thioether (sulfide) groups is 1. The molecular weight excluding hydrogens is 864 g/mol. The molecule has 1 aliphatic heterocycles. The molecule has 1 fully saturated rings. The van der Waals surface area contributed by atoms with Crippen molar-refractivity contribution in [1.82, 2.24) is 35.1 Å². The topological polar surface area (TPSA) is 377 Å². The van der Waals surface area contributed by atoms with Crippen LogP contribution in [0, 0.1) is 11.4 Å². The summed E-state index contributed by atoms with van der Waals surface area (Å²) in [7, 11) is -16.4. The van der Waals surface area contributed by atoms with Crippen LogP contribution in [0.4, 0.5) is 10.2 Å². The zero-order chi connectivity index (χ0) is 43.1. The number of nitrogen functional groups attached to an aromatic ring is 1. The first-order valence-electron chi connectivity index (χ1n) is 16.6. The molecule has 10 N–H and O–H groups in total. The van der Waals surface area contributed by atoms with Crippen molar-refractivity contribution in [2.75, 3.05) is 37.8 Å². The molecule has 0 bridgehead atoms. The summed E-state index contributed by atoms with van der Waals surface area (Å²) in [5, 5.41) is 26.1. The van der Waals surface area contributed by atoms with Crippen LogP contribution in [-0.4, -0.2) is 128 Å². The average molecular weight is 905 g/mol. The van der Waals surface area contributed by atoms with Crippen LogP contribution in [0.25, 0.3) is 11.2 Å². The van der Waals surface area contributed by atoms with Crippen LogP contribution in [0.1, 0.15) is 32.1 Å². The molecule has 58 heavy (non-hydrogen) atoms. The number of carbonyl (C=O) groups is 3. The molecule has 1 aliphatic rings. The summed E-state index contributed by atoms with van der Waals surface area (Å²) < 4.78 is 75.0. The Hall–Kier alpha value is -3.36. The Morgan fingerprint density at radius 2 is 1.76 bits per heavy atom. The second-order valence-corrected chi connectivity index (χ2v) is 18.3. The predicted molar refractivity (Wildman–Crippen MR) is 195 cm³/mol. The molecule has 4 heterocycles. The molecule has 0 aliphatic carbocycles. The van der Waals surface area contributed by atoms with E-state index < -0.39 is 90.5 Å². The number of rotatable bonds is 21. The SMILES string of the molecule is CC(C)(COP(=O)(O)OP(=O)(O)OC[C@H]1O[C@@H](n2cnc3c(N)ncnc32)[C@H](O)[C@@H]1OP(=O)(O)O)C(O)C(=O)NCCC(=O)NCCSC(=O)Cc1ccc(F)nc1. The maximum atomic E-state index is 12.9. The van der Waals surface area contributed by atoms with Gasteiger partial charge in [0.25, 0.3) is 0 Å². The lowest BCUT2D eigenvalue weighted by atomic mass is 9.87. The first kappa shape index (κ1) is 47.3. The number of hydrogen-bond donors (Lipinski definition) is 9. The highest BCUT2D eigenvalue weighted by Crippen LogP contribution is 2.61. The van der Waals surface area contributed by atoms with Gasteiger partial charge in [0.2, 0.25) is 17.8 Å². The van der Waals surface area contributed by atoms with Crippen molar-refractivity contribution in [1.29, 1.82) is 0 Å².